The van der Waals surface area contributed by atoms with Crippen LogP contribution in [0.25, 0.3) is 0 Å². The Morgan fingerprint density at radius 2 is 2.11 bits per heavy atom. The van der Waals surface area contributed by atoms with Crippen molar-refractivity contribution >= 4 is 17.3 Å². The Labute approximate surface area is 111 Å². The van der Waals surface area contributed by atoms with Crippen molar-refractivity contribution in [2.24, 2.45) is 5.92 Å². The molecule has 1 aromatic rings. The minimum atomic E-state index is -0.894. The number of carbonyl (C=O) groups is 1. The van der Waals surface area contributed by atoms with Crippen LogP contribution < -0.4 is 0 Å². The molecule has 1 aliphatic rings. The van der Waals surface area contributed by atoms with Gasteiger partial charge in [0.2, 0.25) is 0 Å². The van der Waals surface area contributed by atoms with E-state index in [2.05, 4.69) is 11.9 Å². The van der Waals surface area contributed by atoms with Gasteiger partial charge in [-0.3, -0.25) is 0 Å². The molecule has 1 fully saturated rings. The maximum absolute atomic E-state index is 11.2. The quantitative estimate of drug-likeness (QED) is 0.911. The Balaban J connectivity index is 2.18. The molecule has 0 atom stereocenters. The van der Waals surface area contributed by atoms with Crippen LogP contribution in [0, 0.1) is 5.92 Å². The third-order valence-corrected chi connectivity index (χ3v) is 4.80. The molecule has 18 heavy (non-hydrogen) atoms. The van der Waals surface area contributed by atoms with Crippen molar-refractivity contribution in [3.05, 3.63) is 15.6 Å². The average Bonchev–Trinajstić information content (AvgIpc) is 2.75. The van der Waals surface area contributed by atoms with Crippen molar-refractivity contribution in [2.45, 2.75) is 45.1 Å². The van der Waals surface area contributed by atoms with Crippen LogP contribution in [-0.2, 0) is 11.3 Å². The third kappa shape index (κ3) is 2.90. The molecule has 100 valence electrons. The van der Waals surface area contributed by atoms with E-state index in [0.717, 1.165) is 23.8 Å². The van der Waals surface area contributed by atoms with Gasteiger partial charge in [-0.1, -0.05) is 19.8 Å². The first-order valence-electron chi connectivity index (χ1n) is 6.33. The van der Waals surface area contributed by atoms with Gasteiger partial charge in [-0.25, -0.2) is 9.78 Å². The van der Waals surface area contributed by atoms with Gasteiger partial charge in [0.15, 0.2) is 0 Å². The van der Waals surface area contributed by atoms with Gasteiger partial charge in [-0.15, -0.1) is 11.3 Å². The third-order valence-electron chi connectivity index (χ3n) is 3.55. The average molecular weight is 269 g/mol. The summed E-state index contributed by atoms with van der Waals surface area (Å²) in [7, 11) is 1.56. The second kappa shape index (κ2) is 5.80. The fourth-order valence-corrected chi connectivity index (χ4v) is 3.53. The fraction of sp³-hybridized carbons (Fsp3) is 0.692. The number of rotatable bonds is 4. The molecule has 0 spiro atoms. The van der Waals surface area contributed by atoms with E-state index in [9.17, 15) is 4.79 Å². The molecule has 1 aliphatic carbocycles. The van der Waals surface area contributed by atoms with E-state index in [1.165, 1.54) is 24.2 Å². The van der Waals surface area contributed by atoms with Gasteiger partial charge in [0.25, 0.3) is 0 Å². The second-order valence-electron chi connectivity index (χ2n) is 5.02. The van der Waals surface area contributed by atoms with Crippen LogP contribution in [-0.4, -0.2) is 23.2 Å². The number of methoxy groups -OCH3 is 1. The fourth-order valence-electron chi connectivity index (χ4n) is 2.45. The lowest BCUT2D eigenvalue weighted by molar-refractivity contribution is 0.0697. The summed E-state index contributed by atoms with van der Waals surface area (Å²) >= 11 is 1.32. The highest BCUT2D eigenvalue weighted by Crippen LogP contribution is 2.38. The lowest BCUT2D eigenvalue weighted by Gasteiger charge is -2.24. The van der Waals surface area contributed by atoms with E-state index in [0.29, 0.717) is 16.5 Å². The summed E-state index contributed by atoms with van der Waals surface area (Å²) in [6.07, 6.45) is 4.68. The Hall–Kier alpha value is -0.940. The number of carboxylic acids is 1. The monoisotopic (exact) mass is 269 g/mol. The summed E-state index contributed by atoms with van der Waals surface area (Å²) in [6, 6.07) is 0. The van der Waals surface area contributed by atoms with E-state index < -0.39 is 5.97 Å². The standard InChI is InChI=1S/C13H19NO3S/c1-8-3-5-9(6-4-8)12-14-10(7-17-2)11(18-12)13(15)16/h8-9H,3-7H2,1-2H3,(H,15,16). The molecule has 1 N–H and O–H groups in total. The Morgan fingerprint density at radius 1 is 1.44 bits per heavy atom. The zero-order valence-corrected chi connectivity index (χ0v) is 11.6. The van der Waals surface area contributed by atoms with Crippen molar-refractivity contribution in [1.82, 2.24) is 4.98 Å². The van der Waals surface area contributed by atoms with Crippen LogP contribution in [0.5, 0.6) is 0 Å². The van der Waals surface area contributed by atoms with Crippen molar-refractivity contribution in [3.8, 4) is 0 Å². The summed E-state index contributed by atoms with van der Waals surface area (Å²) in [5.74, 6) is 0.337. The highest BCUT2D eigenvalue weighted by atomic mass is 32.1. The number of thiazole rings is 1. The lowest BCUT2D eigenvalue weighted by Crippen LogP contribution is -2.10. The maximum Gasteiger partial charge on any atom is 0.347 e. The molecule has 0 amide bonds. The molecule has 0 radical (unpaired) electrons. The molecular formula is C13H19NO3S. The van der Waals surface area contributed by atoms with E-state index in [4.69, 9.17) is 9.84 Å². The Kier molecular flexibility index (Phi) is 4.35. The number of hydrogen-bond acceptors (Lipinski definition) is 4. The summed E-state index contributed by atoms with van der Waals surface area (Å²) in [6.45, 7) is 2.55. The highest BCUT2D eigenvalue weighted by Gasteiger charge is 2.25. The maximum atomic E-state index is 11.2. The summed E-state index contributed by atoms with van der Waals surface area (Å²) in [5, 5.41) is 10.1. The van der Waals surface area contributed by atoms with Crippen LogP contribution in [0.2, 0.25) is 0 Å². The first kappa shape index (κ1) is 13.5. The predicted octanol–water partition coefficient (Wildman–Crippen LogP) is 3.28. The van der Waals surface area contributed by atoms with E-state index >= 15 is 0 Å². The van der Waals surface area contributed by atoms with Gasteiger partial charge in [-0.05, 0) is 18.8 Å². The molecule has 2 rings (SSSR count). The molecule has 4 nitrogen and oxygen atoms in total. The van der Waals surface area contributed by atoms with Gasteiger partial charge in [0, 0.05) is 13.0 Å². The number of nitrogens with zero attached hydrogens (tertiary/aromatic N) is 1. The predicted molar refractivity (Wildman–Crippen MR) is 70.2 cm³/mol. The van der Waals surface area contributed by atoms with Crippen molar-refractivity contribution in [1.29, 1.82) is 0 Å². The van der Waals surface area contributed by atoms with Crippen LogP contribution >= 0.6 is 11.3 Å². The van der Waals surface area contributed by atoms with Crippen LogP contribution in [0.1, 0.15) is 58.9 Å². The van der Waals surface area contributed by atoms with E-state index in [1.807, 2.05) is 0 Å². The van der Waals surface area contributed by atoms with Crippen molar-refractivity contribution < 1.29 is 14.6 Å². The zero-order valence-electron chi connectivity index (χ0n) is 10.8. The Morgan fingerprint density at radius 3 is 2.67 bits per heavy atom. The molecule has 1 saturated carbocycles. The number of carboxylic acid groups (broad SMARTS) is 1. The summed E-state index contributed by atoms with van der Waals surface area (Å²) in [4.78, 5) is 16.0. The lowest BCUT2D eigenvalue weighted by atomic mass is 9.83. The number of aromatic carboxylic acids is 1. The number of hydrogen-bond donors (Lipinski definition) is 1. The molecule has 5 heteroatoms. The highest BCUT2D eigenvalue weighted by molar-refractivity contribution is 7.13. The molecule has 1 heterocycles. The van der Waals surface area contributed by atoms with Gasteiger partial charge in [0.1, 0.15) is 4.88 Å². The first-order valence-corrected chi connectivity index (χ1v) is 7.15. The van der Waals surface area contributed by atoms with Crippen LogP contribution in [0.3, 0.4) is 0 Å². The van der Waals surface area contributed by atoms with Gasteiger partial charge < -0.3 is 9.84 Å². The van der Waals surface area contributed by atoms with Gasteiger partial charge >= 0.3 is 5.97 Å². The van der Waals surface area contributed by atoms with Crippen molar-refractivity contribution in [2.75, 3.05) is 7.11 Å². The smallest absolute Gasteiger partial charge is 0.347 e. The minimum absolute atomic E-state index is 0.279. The molecule has 0 saturated heterocycles. The minimum Gasteiger partial charge on any atom is -0.477 e. The van der Waals surface area contributed by atoms with E-state index in [1.54, 1.807) is 7.11 Å². The molecule has 0 aliphatic heterocycles. The molecular weight excluding hydrogens is 250 g/mol. The second-order valence-corrected chi connectivity index (χ2v) is 6.05. The SMILES string of the molecule is COCc1nc(C2CCC(C)CC2)sc1C(=O)O. The van der Waals surface area contributed by atoms with E-state index in [-0.39, 0.29) is 6.61 Å². The van der Waals surface area contributed by atoms with Gasteiger partial charge in [-0.2, -0.15) is 0 Å². The van der Waals surface area contributed by atoms with Gasteiger partial charge in [0.05, 0.1) is 17.3 Å². The first-order chi connectivity index (χ1) is 8.61. The zero-order chi connectivity index (χ0) is 13.1. The normalized spacial score (nSPS) is 24.1. The summed E-state index contributed by atoms with van der Waals surface area (Å²) < 4.78 is 5.02. The number of aromatic nitrogens is 1. The summed E-state index contributed by atoms with van der Waals surface area (Å²) in [5.41, 5.74) is 0.573. The molecule has 0 bridgehead atoms. The topological polar surface area (TPSA) is 59.4 Å². The molecule has 0 aromatic carbocycles. The molecule has 1 aromatic heterocycles. The number of ether oxygens (including phenoxy) is 1. The van der Waals surface area contributed by atoms with Crippen LogP contribution in [0.4, 0.5) is 0 Å². The molecule has 0 unspecified atom stereocenters. The largest absolute Gasteiger partial charge is 0.477 e. The van der Waals surface area contributed by atoms with Crippen LogP contribution in [0.15, 0.2) is 0 Å². The van der Waals surface area contributed by atoms with Crippen molar-refractivity contribution in [3.63, 3.8) is 0 Å². The Bertz CT molecular complexity index is 422.